The molecule has 18 heavy (non-hydrogen) atoms. The molecule has 2 aromatic rings. The molecule has 0 aliphatic heterocycles. The SMILES string of the molecule is CCc1nc(SCC(=O)NCc2cccs2)n[nH]1. The van der Waals surface area contributed by atoms with Crippen molar-refractivity contribution in [3.8, 4) is 0 Å². The summed E-state index contributed by atoms with van der Waals surface area (Å²) in [6, 6.07) is 3.97. The number of aromatic nitrogens is 3. The molecule has 0 radical (unpaired) electrons. The lowest BCUT2D eigenvalue weighted by Crippen LogP contribution is -2.24. The number of nitrogens with one attached hydrogen (secondary N) is 2. The van der Waals surface area contributed by atoms with Crippen LogP contribution in [0.15, 0.2) is 22.7 Å². The first-order valence-corrected chi connectivity index (χ1v) is 7.47. The lowest BCUT2D eigenvalue weighted by Gasteiger charge is -2.01. The number of aromatic amines is 1. The molecular weight excluding hydrogens is 268 g/mol. The van der Waals surface area contributed by atoms with E-state index in [0.717, 1.165) is 17.1 Å². The zero-order valence-electron chi connectivity index (χ0n) is 9.97. The molecule has 0 aromatic carbocycles. The van der Waals surface area contributed by atoms with Crippen molar-refractivity contribution < 1.29 is 4.79 Å². The number of thioether (sulfide) groups is 1. The van der Waals surface area contributed by atoms with Gasteiger partial charge in [0.1, 0.15) is 5.82 Å². The Morgan fingerprint density at radius 3 is 3.17 bits per heavy atom. The highest BCUT2D eigenvalue weighted by Gasteiger charge is 2.06. The van der Waals surface area contributed by atoms with Crippen LogP contribution in [0.1, 0.15) is 17.6 Å². The van der Waals surface area contributed by atoms with Gasteiger partial charge in [-0.15, -0.1) is 16.4 Å². The minimum absolute atomic E-state index is 0.00347. The largest absolute Gasteiger partial charge is 0.350 e. The van der Waals surface area contributed by atoms with Gasteiger partial charge >= 0.3 is 0 Å². The van der Waals surface area contributed by atoms with Crippen molar-refractivity contribution in [2.24, 2.45) is 0 Å². The van der Waals surface area contributed by atoms with Gasteiger partial charge in [0.25, 0.3) is 0 Å². The highest BCUT2D eigenvalue weighted by atomic mass is 32.2. The first-order chi connectivity index (χ1) is 8.78. The molecule has 0 atom stereocenters. The van der Waals surface area contributed by atoms with E-state index in [1.165, 1.54) is 11.8 Å². The van der Waals surface area contributed by atoms with Crippen LogP contribution in [-0.4, -0.2) is 26.8 Å². The standard InChI is InChI=1S/C11H14N4OS2/c1-2-9-13-11(15-14-9)18-7-10(16)12-6-8-4-3-5-17-8/h3-5H,2,6-7H2,1H3,(H,12,16)(H,13,14,15). The molecule has 2 aromatic heterocycles. The molecular formula is C11H14N4OS2. The van der Waals surface area contributed by atoms with E-state index >= 15 is 0 Å². The number of aryl methyl sites for hydroxylation is 1. The van der Waals surface area contributed by atoms with Crippen LogP contribution in [0.3, 0.4) is 0 Å². The van der Waals surface area contributed by atoms with Gasteiger partial charge in [0.05, 0.1) is 12.3 Å². The van der Waals surface area contributed by atoms with Crippen LogP contribution in [0, 0.1) is 0 Å². The third-order valence-corrected chi connectivity index (χ3v) is 3.94. The van der Waals surface area contributed by atoms with Crippen molar-refractivity contribution in [1.29, 1.82) is 0 Å². The van der Waals surface area contributed by atoms with Gasteiger partial charge in [-0.2, -0.15) is 0 Å². The third-order valence-electron chi connectivity index (χ3n) is 2.22. The average molecular weight is 282 g/mol. The van der Waals surface area contributed by atoms with Crippen LogP contribution in [0.2, 0.25) is 0 Å². The Morgan fingerprint density at radius 2 is 2.50 bits per heavy atom. The Morgan fingerprint density at radius 1 is 1.61 bits per heavy atom. The molecule has 2 rings (SSSR count). The zero-order chi connectivity index (χ0) is 12.8. The monoisotopic (exact) mass is 282 g/mol. The van der Waals surface area contributed by atoms with Crippen LogP contribution in [0.4, 0.5) is 0 Å². The van der Waals surface area contributed by atoms with Crippen LogP contribution in [0.25, 0.3) is 0 Å². The zero-order valence-corrected chi connectivity index (χ0v) is 11.6. The average Bonchev–Trinajstić information content (AvgIpc) is 3.04. The Balaban J connectivity index is 1.71. The Labute approximate surface area is 113 Å². The van der Waals surface area contributed by atoms with Gasteiger partial charge < -0.3 is 5.32 Å². The van der Waals surface area contributed by atoms with E-state index in [9.17, 15) is 4.79 Å². The lowest BCUT2D eigenvalue weighted by molar-refractivity contribution is -0.118. The van der Waals surface area contributed by atoms with E-state index in [4.69, 9.17) is 0 Å². The summed E-state index contributed by atoms with van der Waals surface area (Å²) in [4.78, 5) is 17.0. The van der Waals surface area contributed by atoms with Gasteiger partial charge in [-0.05, 0) is 11.4 Å². The molecule has 0 saturated carbocycles. The van der Waals surface area contributed by atoms with E-state index in [1.807, 2.05) is 24.4 Å². The minimum Gasteiger partial charge on any atom is -0.350 e. The van der Waals surface area contributed by atoms with Gasteiger partial charge in [0.2, 0.25) is 11.1 Å². The lowest BCUT2D eigenvalue weighted by atomic mass is 10.4. The van der Waals surface area contributed by atoms with E-state index in [1.54, 1.807) is 11.3 Å². The van der Waals surface area contributed by atoms with Crippen molar-refractivity contribution in [3.05, 3.63) is 28.2 Å². The van der Waals surface area contributed by atoms with Crippen molar-refractivity contribution in [3.63, 3.8) is 0 Å². The molecule has 0 unspecified atom stereocenters. The van der Waals surface area contributed by atoms with Gasteiger partial charge in [-0.25, -0.2) is 4.98 Å². The first-order valence-electron chi connectivity index (χ1n) is 5.61. The number of rotatable bonds is 6. The molecule has 0 aliphatic carbocycles. The van der Waals surface area contributed by atoms with Crippen LogP contribution in [-0.2, 0) is 17.8 Å². The molecule has 2 N–H and O–H groups in total. The second-order valence-electron chi connectivity index (χ2n) is 3.56. The number of amides is 1. The van der Waals surface area contributed by atoms with Crippen LogP contribution < -0.4 is 5.32 Å². The van der Waals surface area contributed by atoms with Crippen molar-refractivity contribution >= 4 is 29.0 Å². The van der Waals surface area contributed by atoms with Crippen molar-refractivity contribution in [1.82, 2.24) is 20.5 Å². The van der Waals surface area contributed by atoms with E-state index in [0.29, 0.717) is 17.5 Å². The van der Waals surface area contributed by atoms with E-state index in [-0.39, 0.29) is 5.91 Å². The molecule has 2 heterocycles. The Kier molecular flexibility index (Phi) is 4.77. The van der Waals surface area contributed by atoms with Gasteiger partial charge in [0, 0.05) is 11.3 Å². The fourth-order valence-corrected chi connectivity index (χ4v) is 2.57. The molecule has 1 amide bonds. The minimum atomic E-state index is -0.00347. The van der Waals surface area contributed by atoms with Crippen molar-refractivity contribution in [2.75, 3.05) is 5.75 Å². The van der Waals surface area contributed by atoms with Crippen LogP contribution in [0.5, 0.6) is 0 Å². The quantitative estimate of drug-likeness (QED) is 0.793. The Bertz CT molecular complexity index is 495. The molecule has 5 nitrogen and oxygen atoms in total. The smallest absolute Gasteiger partial charge is 0.230 e. The number of H-pyrrole nitrogens is 1. The number of hydrogen-bond donors (Lipinski definition) is 2. The summed E-state index contributed by atoms with van der Waals surface area (Å²) >= 11 is 2.97. The molecule has 0 spiro atoms. The Hall–Kier alpha value is -1.34. The number of nitrogens with zero attached hydrogens (tertiary/aromatic N) is 2. The number of thiophene rings is 1. The van der Waals surface area contributed by atoms with E-state index < -0.39 is 0 Å². The molecule has 96 valence electrons. The highest BCUT2D eigenvalue weighted by molar-refractivity contribution is 7.99. The topological polar surface area (TPSA) is 70.7 Å². The maximum absolute atomic E-state index is 11.6. The van der Waals surface area contributed by atoms with Crippen molar-refractivity contribution in [2.45, 2.75) is 25.0 Å². The second-order valence-corrected chi connectivity index (χ2v) is 5.54. The maximum atomic E-state index is 11.6. The summed E-state index contributed by atoms with van der Waals surface area (Å²) in [5.41, 5.74) is 0. The predicted octanol–water partition coefficient (Wildman–Crippen LogP) is 1.84. The van der Waals surface area contributed by atoms with Gasteiger partial charge in [-0.1, -0.05) is 24.8 Å². The normalized spacial score (nSPS) is 10.5. The maximum Gasteiger partial charge on any atom is 0.230 e. The molecule has 0 bridgehead atoms. The summed E-state index contributed by atoms with van der Waals surface area (Å²) in [6.45, 7) is 2.59. The van der Waals surface area contributed by atoms with E-state index in [2.05, 4.69) is 20.5 Å². The fourth-order valence-electron chi connectivity index (χ4n) is 1.28. The highest BCUT2D eigenvalue weighted by Crippen LogP contribution is 2.12. The summed E-state index contributed by atoms with van der Waals surface area (Å²) in [6.07, 6.45) is 0.818. The number of carbonyl (C=O) groups excluding carboxylic acids is 1. The van der Waals surface area contributed by atoms with Crippen LogP contribution >= 0.6 is 23.1 Å². The molecule has 0 fully saturated rings. The fraction of sp³-hybridized carbons (Fsp3) is 0.364. The third kappa shape index (κ3) is 3.85. The summed E-state index contributed by atoms with van der Waals surface area (Å²) in [5, 5.41) is 12.3. The first kappa shape index (κ1) is 13.1. The summed E-state index contributed by atoms with van der Waals surface area (Å²) in [7, 11) is 0. The number of carbonyl (C=O) groups is 1. The predicted molar refractivity (Wildman–Crippen MR) is 72.7 cm³/mol. The van der Waals surface area contributed by atoms with Gasteiger partial charge in [-0.3, -0.25) is 9.89 Å². The molecule has 0 aliphatic rings. The molecule has 0 saturated heterocycles. The number of hydrogen-bond acceptors (Lipinski definition) is 5. The van der Waals surface area contributed by atoms with Gasteiger partial charge in [0.15, 0.2) is 0 Å². The summed E-state index contributed by atoms with van der Waals surface area (Å²) < 4.78 is 0. The molecule has 7 heteroatoms. The summed E-state index contributed by atoms with van der Waals surface area (Å²) in [5.74, 6) is 1.18. The second kappa shape index (κ2) is 6.55.